The molecule has 0 spiro atoms. The lowest BCUT2D eigenvalue weighted by Crippen LogP contribution is -2.40. The van der Waals surface area contributed by atoms with Crippen LogP contribution in [0.25, 0.3) is 0 Å². The number of aromatic hydroxyl groups is 1. The zero-order valence-electron chi connectivity index (χ0n) is 12.8. The molecule has 1 unspecified atom stereocenters. The average molecular weight is 307 g/mol. The third-order valence-corrected chi connectivity index (χ3v) is 4.09. The van der Waals surface area contributed by atoms with Gasteiger partial charge < -0.3 is 19.8 Å². The summed E-state index contributed by atoms with van der Waals surface area (Å²) in [5.41, 5.74) is 0.403. The SMILES string of the molecule is COC(=O)c1cc(O)cc(C(=O)N2CCC(C(C)O)CC2)c1. The fourth-order valence-electron chi connectivity index (χ4n) is 2.74. The topological polar surface area (TPSA) is 87.1 Å². The van der Waals surface area contributed by atoms with Crippen LogP contribution in [-0.2, 0) is 4.74 Å². The number of carbonyl (C=O) groups excluding carboxylic acids is 2. The minimum absolute atomic E-state index is 0.143. The fourth-order valence-corrected chi connectivity index (χ4v) is 2.74. The van der Waals surface area contributed by atoms with Crippen molar-refractivity contribution in [3.05, 3.63) is 29.3 Å². The number of phenols is 1. The standard InChI is InChI=1S/C16H21NO5/c1-10(18)11-3-5-17(6-4-11)15(20)12-7-13(16(21)22-2)9-14(19)8-12/h7-11,18-19H,3-6H2,1-2H3. The first-order chi connectivity index (χ1) is 10.4. The maximum atomic E-state index is 12.5. The minimum atomic E-state index is -0.599. The Kier molecular flexibility index (Phi) is 5.03. The zero-order chi connectivity index (χ0) is 16.3. The summed E-state index contributed by atoms with van der Waals surface area (Å²) in [6.45, 7) is 2.87. The second-order valence-electron chi connectivity index (χ2n) is 5.63. The van der Waals surface area contributed by atoms with Crippen LogP contribution in [0.2, 0.25) is 0 Å². The first-order valence-electron chi connectivity index (χ1n) is 7.32. The van der Waals surface area contributed by atoms with Crippen LogP contribution < -0.4 is 0 Å². The molecule has 0 bridgehead atoms. The van der Waals surface area contributed by atoms with E-state index in [2.05, 4.69) is 4.74 Å². The maximum Gasteiger partial charge on any atom is 0.338 e. The molecule has 2 rings (SSSR count). The van der Waals surface area contributed by atoms with Crippen molar-refractivity contribution < 1.29 is 24.5 Å². The number of piperidine rings is 1. The van der Waals surface area contributed by atoms with Crippen molar-refractivity contribution in [2.45, 2.75) is 25.9 Å². The average Bonchev–Trinajstić information content (AvgIpc) is 2.52. The first kappa shape index (κ1) is 16.3. The Morgan fingerprint density at radius 1 is 1.23 bits per heavy atom. The van der Waals surface area contributed by atoms with Gasteiger partial charge in [-0.1, -0.05) is 0 Å². The highest BCUT2D eigenvalue weighted by Gasteiger charge is 2.26. The molecule has 2 N–H and O–H groups in total. The number of likely N-dealkylation sites (tertiary alicyclic amines) is 1. The molecule has 0 radical (unpaired) electrons. The number of phenolic OH excluding ortho intramolecular Hbond substituents is 1. The number of esters is 1. The molecule has 0 aromatic heterocycles. The summed E-state index contributed by atoms with van der Waals surface area (Å²) in [4.78, 5) is 25.7. The van der Waals surface area contributed by atoms with Gasteiger partial charge in [0, 0.05) is 18.7 Å². The van der Waals surface area contributed by atoms with Crippen molar-refractivity contribution in [3.63, 3.8) is 0 Å². The highest BCUT2D eigenvalue weighted by Crippen LogP contribution is 2.23. The predicted molar refractivity (Wildman–Crippen MR) is 79.8 cm³/mol. The predicted octanol–water partition coefficient (Wildman–Crippen LogP) is 1.41. The van der Waals surface area contributed by atoms with Gasteiger partial charge in [0.1, 0.15) is 5.75 Å². The monoisotopic (exact) mass is 307 g/mol. The van der Waals surface area contributed by atoms with Gasteiger partial charge >= 0.3 is 5.97 Å². The van der Waals surface area contributed by atoms with Gasteiger partial charge in [-0.25, -0.2) is 4.79 Å². The third-order valence-electron chi connectivity index (χ3n) is 4.09. The van der Waals surface area contributed by atoms with E-state index in [4.69, 9.17) is 0 Å². The molecule has 1 atom stereocenters. The number of aliphatic hydroxyl groups excluding tert-OH is 1. The second-order valence-corrected chi connectivity index (χ2v) is 5.63. The number of nitrogens with zero attached hydrogens (tertiary/aromatic N) is 1. The molecule has 1 aromatic carbocycles. The Balaban J connectivity index is 2.13. The van der Waals surface area contributed by atoms with E-state index in [0.29, 0.717) is 13.1 Å². The smallest absolute Gasteiger partial charge is 0.338 e. The molecule has 6 heteroatoms. The Bertz CT molecular complexity index is 562. The number of ether oxygens (including phenoxy) is 1. The van der Waals surface area contributed by atoms with Gasteiger partial charge in [-0.3, -0.25) is 4.79 Å². The maximum absolute atomic E-state index is 12.5. The van der Waals surface area contributed by atoms with Gasteiger partial charge in [0.15, 0.2) is 0 Å². The largest absolute Gasteiger partial charge is 0.508 e. The zero-order valence-corrected chi connectivity index (χ0v) is 12.8. The molecule has 1 heterocycles. The van der Waals surface area contributed by atoms with Crippen molar-refractivity contribution >= 4 is 11.9 Å². The molecular weight excluding hydrogens is 286 g/mol. The number of methoxy groups -OCH3 is 1. The van der Waals surface area contributed by atoms with Gasteiger partial charge in [-0.2, -0.15) is 0 Å². The van der Waals surface area contributed by atoms with Gasteiger partial charge in [-0.15, -0.1) is 0 Å². The Morgan fingerprint density at radius 3 is 2.36 bits per heavy atom. The summed E-state index contributed by atoms with van der Waals surface area (Å²) in [5, 5.41) is 19.3. The van der Waals surface area contributed by atoms with Crippen molar-refractivity contribution in [1.29, 1.82) is 0 Å². The van der Waals surface area contributed by atoms with E-state index in [1.165, 1.54) is 25.3 Å². The molecular formula is C16H21NO5. The Hall–Kier alpha value is -2.08. The normalized spacial score (nSPS) is 17.1. The van der Waals surface area contributed by atoms with Crippen LogP contribution in [0.4, 0.5) is 0 Å². The van der Waals surface area contributed by atoms with Crippen molar-refractivity contribution in [1.82, 2.24) is 4.90 Å². The molecule has 1 aliphatic rings. The van der Waals surface area contributed by atoms with Crippen LogP contribution in [0, 0.1) is 5.92 Å². The number of aliphatic hydroxyl groups is 1. The third kappa shape index (κ3) is 3.57. The van der Waals surface area contributed by atoms with E-state index in [-0.39, 0.29) is 34.8 Å². The molecule has 22 heavy (non-hydrogen) atoms. The molecule has 1 amide bonds. The van der Waals surface area contributed by atoms with Crippen LogP contribution in [-0.4, -0.2) is 53.3 Å². The highest BCUT2D eigenvalue weighted by molar-refractivity contribution is 5.98. The van der Waals surface area contributed by atoms with Crippen molar-refractivity contribution in [3.8, 4) is 5.75 Å². The summed E-state index contributed by atoms with van der Waals surface area (Å²) in [5.74, 6) is -0.771. The van der Waals surface area contributed by atoms with Crippen LogP contribution in [0.1, 0.15) is 40.5 Å². The van der Waals surface area contributed by atoms with E-state index in [1.54, 1.807) is 11.8 Å². The van der Waals surface area contributed by atoms with Crippen LogP contribution >= 0.6 is 0 Å². The summed E-state index contributed by atoms with van der Waals surface area (Å²) in [7, 11) is 1.24. The first-order valence-corrected chi connectivity index (χ1v) is 7.32. The highest BCUT2D eigenvalue weighted by atomic mass is 16.5. The molecule has 1 aliphatic heterocycles. The minimum Gasteiger partial charge on any atom is -0.508 e. The number of rotatable bonds is 3. The van der Waals surface area contributed by atoms with E-state index in [0.717, 1.165) is 12.8 Å². The number of hydrogen-bond donors (Lipinski definition) is 2. The van der Waals surface area contributed by atoms with Crippen LogP contribution in [0.3, 0.4) is 0 Å². The van der Waals surface area contributed by atoms with Gasteiger partial charge in [0.25, 0.3) is 5.91 Å². The van der Waals surface area contributed by atoms with Gasteiger partial charge in [0.05, 0.1) is 18.8 Å². The van der Waals surface area contributed by atoms with Crippen LogP contribution in [0.5, 0.6) is 5.75 Å². The number of benzene rings is 1. The molecule has 6 nitrogen and oxygen atoms in total. The molecule has 0 aliphatic carbocycles. The number of carbonyl (C=O) groups is 2. The van der Waals surface area contributed by atoms with Crippen LogP contribution in [0.15, 0.2) is 18.2 Å². The number of amides is 1. The summed E-state index contributed by atoms with van der Waals surface area (Å²) in [6, 6.07) is 4.03. The molecule has 1 fully saturated rings. The van der Waals surface area contributed by atoms with Gasteiger partial charge in [0.2, 0.25) is 0 Å². The van der Waals surface area contributed by atoms with E-state index in [9.17, 15) is 19.8 Å². The lowest BCUT2D eigenvalue weighted by molar-refractivity contribution is 0.0521. The molecule has 120 valence electrons. The summed E-state index contributed by atoms with van der Waals surface area (Å²) in [6.07, 6.45) is 1.11. The second kappa shape index (κ2) is 6.79. The summed E-state index contributed by atoms with van der Waals surface area (Å²) >= 11 is 0. The van der Waals surface area contributed by atoms with Crippen molar-refractivity contribution in [2.24, 2.45) is 5.92 Å². The van der Waals surface area contributed by atoms with Gasteiger partial charge in [-0.05, 0) is 43.9 Å². The van der Waals surface area contributed by atoms with E-state index < -0.39 is 5.97 Å². The lowest BCUT2D eigenvalue weighted by Gasteiger charge is -2.33. The van der Waals surface area contributed by atoms with E-state index in [1.807, 2.05) is 0 Å². The quantitative estimate of drug-likeness (QED) is 0.825. The fraction of sp³-hybridized carbons (Fsp3) is 0.500. The molecule has 0 saturated carbocycles. The lowest BCUT2D eigenvalue weighted by atomic mass is 9.92. The Labute approximate surface area is 129 Å². The Morgan fingerprint density at radius 2 is 1.82 bits per heavy atom. The van der Waals surface area contributed by atoms with E-state index >= 15 is 0 Å². The molecule has 1 saturated heterocycles. The number of hydrogen-bond acceptors (Lipinski definition) is 5. The van der Waals surface area contributed by atoms with Crippen molar-refractivity contribution in [2.75, 3.05) is 20.2 Å². The molecule has 1 aromatic rings. The summed E-state index contributed by atoms with van der Waals surface area (Å²) < 4.78 is 4.61.